The van der Waals surface area contributed by atoms with E-state index in [9.17, 15) is 9.90 Å². The van der Waals surface area contributed by atoms with E-state index in [1.807, 2.05) is 6.07 Å². The lowest BCUT2D eigenvalue weighted by atomic mass is 10.1. The highest BCUT2D eigenvalue weighted by atomic mass is 35.5. The van der Waals surface area contributed by atoms with Crippen LogP contribution in [0.1, 0.15) is 11.7 Å². The van der Waals surface area contributed by atoms with E-state index in [-0.39, 0.29) is 0 Å². The topological polar surface area (TPSA) is 49.3 Å². The summed E-state index contributed by atoms with van der Waals surface area (Å²) in [5, 5.41) is 13.2. The molecule has 3 nitrogen and oxygen atoms in total. The second-order valence-corrected chi connectivity index (χ2v) is 4.75. The lowest BCUT2D eigenvalue weighted by molar-refractivity contribution is -0.124. The van der Waals surface area contributed by atoms with Crippen molar-refractivity contribution < 1.29 is 9.90 Å². The fourth-order valence-corrected chi connectivity index (χ4v) is 1.87. The number of carbonyl (C=O) groups is 1. The Kier molecular flexibility index (Phi) is 4.43. The first-order valence-electron chi connectivity index (χ1n) is 5.57. The Morgan fingerprint density at radius 3 is 2.37 bits per heavy atom. The molecule has 0 saturated heterocycles. The molecule has 19 heavy (non-hydrogen) atoms. The van der Waals surface area contributed by atoms with Gasteiger partial charge in [0.2, 0.25) is 0 Å². The molecule has 2 N–H and O–H groups in total. The van der Waals surface area contributed by atoms with Gasteiger partial charge < -0.3 is 10.4 Å². The predicted octanol–water partition coefficient (Wildman–Crippen LogP) is 3.67. The molecule has 0 bridgehead atoms. The zero-order valence-corrected chi connectivity index (χ0v) is 11.3. The molecule has 1 amide bonds. The Morgan fingerprint density at radius 1 is 1.05 bits per heavy atom. The van der Waals surface area contributed by atoms with Gasteiger partial charge in [-0.25, -0.2) is 0 Å². The average Bonchev–Trinajstić information content (AvgIpc) is 2.43. The Labute approximate surface area is 120 Å². The van der Waals surface area contributed by atoms with Crippen molar-refractivity contribution in [2.75, 3.05) is 5.32 Å². The summed E-state index contributed by atoms with van der Waals surface area (Å²) in [5.41, 5.74) is 1.01. The Balaban J connectivity index is 2.10. The van der Waals surface area contributed by atoms with Crippen molar-refractivity contribution in [2.45, 2.75) is 6.10 Å². The van der Waals surface area contributed by atoms with Gasteiger partial charge in [-0.2, -0.15) is 0 Å². The first kappa shape index (κ1) is 13.9. The normalized spacial score (nSPS) is 11.9. The molecule has 98 valence electrons. The number of benzene rings is 2. The highest BCUT2D eigenvalue weighted by molar-refractivity contribution is 6.42. The first-order chi connectivity index (χ1) is 9.08. The van der Waals surface area contributed by atoms with Crippen molar-refractivity contribution in [1.82, 2.24) is 0 Å². The summed E-state index contributed by atoms with van der Waals surface area (Å²) >= 11 is 11.6. The van der Waals surface area contributed by atoms with Crippen molar-refractivity contribution in [3.05, 3.63) is 64.1 Å². The third-order valence-corrected chi connectivity index (χ3v) is 3.29. The Morgan fingerprint density at radius 2 is 1.74 bits per heavy atom. The van der Waals surface area contributed by atoms with Gasteiger partial charge in [0.1, 0.15) is 0 Å². The standard InChI is InChI=1S/C14H11Cl2NO2/c15-11-7-6-10(8-12(11)16)17-14(19)13(18)9-4-2-1-3-5-9/h1-8,13,18H,(H,17,19)/t13-/m0/s1. The molecule has 0 radical (unpaired) electrons. The number of hydrogen-bond acceptors (Lipinski definition) is 2. The van der Waals surface area contributed by atoms with E-state index in [0.717, 1.165) is 0 Å². The smallest absolute Gasteiger partial charge is 0.257 e. The summed E-state index contributed by atoms with van der Waals surface area (Å²) in [4.78, 5) is 11.9. The van der Waals surface area contributed by atoms with Crippen LogP contribution >= 0.6 is 23.2 Å². The summed E-state index contributed by atoms with van der Waals surface area (Å²) in [7, 11) is 0. The minimum atomic E-state index is -1.23. The maximum atomic E-state index is 11.9. The molecular weight excluding hydrogens is 285 g/mol. The number of halogens is 2. The number of amides is 1. The van der Waals surface area contributed by atoms with E-state index in [0.29, 0.717) is 21.3 Å². The van der Waals surface area contributed by atoms with Gasteiger partial charge in [-0.1, -0.05) is 53.5 Å². The summed E-state index contributed by atoms with van der Waals surface area (Å²) in [6, 6.07) is 13.4. The summed E-state index contributed by atoms with van der Waals surface area (Å²) in [5.74, 6) is -0.524. The highest BCUT2D eigenvalue weighted by Gasteiger charge is 2.17. The number of aliphatic hydroxyl groups excluding tert-OH is 1. The fourth-order valence-electron chi connectivity index (χ4n) is 1.57. The lowest BCUT2D eigenvalue weighted by Crippen LogP contribution is -2.20. The predicted molar refractivity (Wildman–Crippen MR) is 76.5 cm³/mol. The maximum absolute atomic E-state index is 11.9. The Hall–Kier alpha value is -1.55. The second-order valence-electron chi connectivity index (χ2n) is 3.93. The van der Waals surface area contributed by atoms with E-state index in [4.69, 9.17) is 23.2 Å². The zero-order valence-electron chi connectivity index (χ0n) is 9.81. The van der Waals surface area contributed by atoms with Crippen molar-refractivity contribution in [2.24, 2.45) is 0 Å². The maximum Gasteiger partial charge on any atom is 0.257 e. The molecular formula is C14H11Cl2NO2. The molecule has 0 heterocycles. The third-order valence-electron chi connectivity index (χ3n) is 2.55. The lowest BCUT2D eigenvalue weighted by Gasteiger charge is -2.12. The minimum Gasteiger partial charge on any atom is -0.378 e. The van der Waals surface area contributed by atoms with Crippen LogP contribution in [0.4, 0.5) is 5.69 Å². The minimum absolute atomic E-state index is 0.341. The third kappa shape index (κ3) is 3.47. The molecule has 2 aromatic carbocycles. The van der Waals surface area contributed by atoms with Crippen LogP contribution in [-0.2, 0) is 4.79 Å². The average molecular weight is 296 g/mol. The van der Waals surface area contributed by atoms with Crippen molar-refractivity contribution in [1.29, 1.82) is 0 Å². The summed E-state index contributed by atoms with van der Waals surface area (Å²) in [6.45, 7) is 0. The molecule has 0 spiro atoms. The molecule has 0 saturated carbocycles. The molecule has 0 fully saturated rings. The first-order valence-corrected chi connectivity index (χ1v) is 6.32. The van der Waals surface area contributed by atoms with Crippen LogP contribution in [0.5, 0.6) is 0 Å². The number of anilines is 1. The van der Waals surface area contributed by atoms with Crippen LogP contribution in [0.3, 0.4) is 0 Å². The van der Waals surface area contributed by atoms with E-state index in [1.165, 1.54) is 6.07 Å². The zero-order chi connectivity index (χ0) is 13.8. The van der Waals surface area contributed by atoms with Gasteiger partial charge in [0.05, 0.1) is 10.0 Å². The van der Waals surface area contributed by atoms with Crippen LogP contribution in [-0.4, -0.2) is 11.0 Å². The molecule has 0 unspecified atom stereocenters. The van der Waals surface area contributed by atoms with Gasteiger partial charge in [-0.05, 0) is 23.8 Å². The Bertz CT molecular complexity index is 587. The molecule has 2 rings (SSSR count). The molecule has 5 heteroatoms. The van der Waals surface area contributed by atoms with Gasteiger partial charge in [-0.3, -0.25) is 4.79 Å². The number of rotatable bonds is 3. The molecule has 0 aliphatic heterocycles. The van der Waals surface area contributed by atoms with Crippen molar-refractivity contribution >= 4 is 34.8 Å². The quantitative estimate of drug-likeness (QED) is 0.908. The fraction of sp³-hybridized carbons (Fsp3) is 0.0714. The largest absolute Gasteiger partial charge is 0.378 e. The molecule has 0 aliphatic carbocycles. The number of hydrogen-bond donors (Lipinski definition) is 2. The van der Waals surface area contributed by atoms with Gasteiger partial charge in [0.15, 0.2) is 6.10 Å². The number of carbonyl (C=O) groups excluding carboxylic acids is 1. The molecule has 0 aliphatic rings. The van der Waals surface area contributed by atoms with E-state index >= 15 is 0 Å². The number of aliphatic hydroxyl groups is 1. The molecule has 1 atom stereocenters. The van der Waals surface area contributed by atoms with Crippen molar-refractivity contribution in [3.63, 3.8) is 0 Å². The molecule has 0 aromatic heterocycles. The second kappa shape index (κ2) is 6.06. The van der Waals surface area contributed by atoms with Gasteiger partial charge in [0.25, 0.3) is 5.91 Å². The summed E-state index contributed by atoms with van der Waals surface area (Å²) < 4.78 is 0. The van der Waals surface area contributed by atoms with Crippen LogP contribution in [0.25, 0.3) is 0 Å². The van der Waals surface area contributed by atoms with Crippen LogP contribution in [0, 0.1) is 0 Å². The highest BCUT2D eigenvalue weighted by Crippen LogP contribution is 2.25. The number of nitrogens with one attached hydrogen (secondary N) is 1. The van der Waals surface area contributed by atoms with Crippen LogP contribution in [0.2, 0.25) is 10.0 Å². The van der Waals surface area contributed by atoms with Crippen LogP contribution < -0.4 is 5.32 Å². The monoisotopic (exact) mass is 295 g/mol. The molecule has 2 aromatic rings. The van der Waals surface area contributed by atoms with E-state index in [1.54, 1.807) is 36.4 Å². The van der Waals surface area contributed by atoms with Gasteiger partial charge >= 0.3 is 0 Å². The van der Waals surface area contributed by atoms with Crippen molar-refractivity contribution in [3.8, 4) is 0 Å². The summed E-state index contributed by atoms with van der Waals surface area (Å²) in [6.07, 6.45) is -1.23. The van der Waals surface area contributed by atoms with Gasteiger partial charge in [0, 0.05) is 5.69 Å². The van der Waals surface area contributed by atoms with Gasteiger partial charge in [-0.15, -0.1) is 0 Å². The van der Waals surface area contributed by atoms with E-state index in [2.05, 4.69) is 5.32 Å². The van der Waals surface area contributed by atoms with E-state index < -0.39 is 12.0 Å². The van der Waals surface area contributed by atoms with Crippen LogP contribution in [0.15, 0.2) is 48.5 Å². The SMILES string of the molecule is O=C(Nc1ccc(Cl)c(Cl)c1)[C@@H](O)c1ccccc1.